The van der Waals surface area contributed by atoms with Gasteiger partial charge in [0.05, 0.1) is 12.5 Å². The fraction of sp³-hybridized carbons (Fsp3) is 0.933. The zero-order valence-electron chi connectivity index (χ0n) is 12.9. The maximum Gasteiger partial charge on any atom is 0.222 e. The quantitative estimate of drug-likeness (QED) is 0.650. The Bertz CT molecular complexity index is 266. The standard InChI is InChI=1S/C15H30N2O2.H2O/c1-11(2)10-17-15(19)9-13(18)8-14(16)12-6-4-3-5-7-12;/h11-14,18H,3-10,16H2,1-2H3,(H,17,19);1H2. The van der Waals surface area contributed by atoms with Gasteiger partial charge in [-0.15, -0.1) is 0 Å². The second-order valence-corrected chi connectivity index (χ2v) is 6.35. The van der Waals surface area contributed by atoms with Crippen molar-refractivity contribution >= 4 is 5.91 Å². The van der Waals surface area contributed by atoms with Gasteiger partial charge in [-0.1, -0.05) is 33.1 Å². The Labute approximate surface area is 122 Å². The van der Waals surface area contributed by atoms with Crippen LogP contribution in [0.4, 0.5) is 0 Å². The first-order chi connectivity index (χ1) is 8.99. The Morgan fingerprint density at radius 2 is 1.90 bits per heavy atom. The molecule has 0 aliphatic heterocycles. The molecule has 0 radical (unpaired) electrons. The van der Waals surface area contributed by atoms with Crippen LogP contribution in [0.5, 0.6) is 0 Å². The van der Waals surface area contributed by atoms with Crippen LogP contribution in [0.3, 0.4) is 0 Å². The van der Waals surface area contributed by atoms with Crippen molar-refractivity contribution in [2.45, 2.75) is 70.9 Å². The average molecular weight is 288 g/mol. The highest BCUT2D eigenvalue weighted by Crippen LogP contribution is 2.27. The summed E-state index contributed by atoms with van der Waals surface area (Å²) in [6.07, 6.45) is 6.27. The smallest absolute Gasteiger partial charge is 0.222 e. The van der Waals surface area contributed by atoms with E-state index < -0.39 is 6.10 Å². The van der Waals surface area contributed by atoms with Gasteiger partial charge < -0.3 is 21.6 Å². The van der Waals surface area contributed by atoms with Crippen LogP contribution in [0.15, 0.2) is 0 Å². The summed E-state index contributed by atoms with van der Waals surface area (Å²) in [7, 11) is 0. The van der Waals surface area contributed by atoms with E-state index >= 15 is 0 Å². The summed E-state index contributed by atoms with van der Waals surface area (Å²) in [5.74, 6) is 0.893. The van der Waals surface area contributed by atoms with E-state index in [-0.39, 0.29) is 23.8 Å². The maximum atomic E-state index is 11.6. The Balaban J connectivity index is 0.00000361. The third-order valence-electron chi connectivity index (χ3n) is 3.93. The highest BCUT2D eigenvalue weighted by Gasteiger charge is 2.23. The molecule has 2 unspecified atom stereocenters. The molecule has 1 amide bonds. The Morgan fingerprint density at radius 3 is 2.45 bits per heavy atom. The van der Waals surface area contributed by atoms with E-state index in [2.05, 4.69) is 19.2 Å². The van der Waals surface area contributed by atoms with Crippen molar-refractivity contribution < 1.29 is 15.4 Å². The van der Waals surface area contributed by atoms with Gasteiger partial charge in [0.15, 0.2) is 0 Å². The van der Waals surface area contributed by atoms with Gasteiger partial charge in [-0.3, -0.25) is 4.79 Å². The summed E-state index contributed by atoms with van der Waals surface area (Å²) in [5, 5.41) is 12.8. The molecule has 1 saturated carbocycles. The molecule has 1 fully saturated rings. The van der Waals surface area contributed by atoms with E-state index in [1.54, 1.807) is 0 Å². The minimum absolute atomic E-state index is 0. The zero-order valence-corrected chi connectivity index (χ0v) is 12.9. The highest BCUT2D eigenvalue weighted by molar-refractivity contribution is 5.76. The number of carbonyl (C=O) groups excluding carboxylic acids is 1. The molecule has 1 aliphatic rings. The summed E-state index contributed by atoms with van der Waals surface area (Å²) in [6, 6.07) is 0.0354. The van der Waals surface area contributed by atoms with Crippen LogP contribution in [0.25, 0.3) is 0 Å². The number of rotatable bonds is 7. The summed E-state index contributed by atoms with van der Waals surface area (Å²) in [6.45, 7) is 4.77. The van der Waals surface area contributed by atoms with E-state index in [1.165, 1.54) is 32.1 Å². The van der Waals surface area contributed by atoms with Crippen molar-refractivity contribution in [1.29, 1.82) is 0 Å². The number of aliphatic hydroxyl groups excluding tert-OH is 1. The van der Waals surface area contributed by atoms with Crippen molar-refractivity contribution in [3.05, 3.63) is 0 Å². The van der Waals surface area contributed by atoms with Gasteiger partial charge in [0.1, 0.15) is 0 Å². The minimum atomic E-state index is -0.607. The van der Waals surface area contributed by atoms with Crippen LogP contribution in [0.2, 0.25) is 0 Å². The van der Waals surface area contributed by atoms with E-state index in [9.17, 15) is 9.90 Å². The summed E-state index contributed by atoms with van der Waals surface area (Å²) in [5.41, 5.74) is 6.16. The summed E-state index contributed by atoms with van der Waals surface area (Å²) < 4.78 is 0. The molecular weight excluding hydrogens is 256 g/mol. The summed E-state index contributed by atoms with van der Waals surface area (Å²) >= 11 is 0. The SMILES string of the molecule is CC(C)CNC(=O)CC(O)CC(N)C1CCCCC1.O. The van der Waals surface area contributed by atoms with Gasteiger partial charge in [0, 0.05) is 12.6 Å². The molecule has 0 aromatic carbocycles. The molecule has 1 aliphatic carbocycles. The number of carbonyl (C=O) groups is 1. The average Bonchev–Trinajstić information content (AvgIpc) is 2.37. The molecule has 5 heteroatoms. The van der Waals surface area contributed by atoms with E-state index in [0.29, 0.717) is 24.8 Å². The number of nitrogens with one attached hydrogen (secondary N) is 1. The number of hydrogen-bond donors (Lipinski definition) is 3. The lowest BCUT2D eigenvalue weighted by atomic mass is 9.82. The molecule has 0 aromatic rings. The lowest BCUT2D eigenvalue weighted by molar-refractivity contribution is -0.123. The first-order valence-corrected chi connectivity index (χ1v) is 7.69. The third-order valence-corrected chi connectivity index (χ3v) is 3.93. The normalized spacial score (nSPS) is 19.2. The highest BCUT2D eigenvalue weighted by atomic mass is 16.3. The molecule has 0 bridgehead atoms. The second-order valence-electron chi connectivity index (χ2n) is 6.35. The number of amides is 1. The molecule has 0 spiro atoms. The molecule has 0 aromatic heterocycles. The fourth-order valence-electron chi connectivity index (χ4n) is 2.76. The molecule has 120 valence electrons. The molecule has 1 rings (SSSR count). The van der Waals surface area contributed by atoms with Crippen molar-refractivity contribution in [3.8, 4) is 0 Å². The lowest BCUT2D eigenvalue weighted by Gasteiger charge is -2.28. The van der Waals surface area contributed by atoms with Crippen molar-refractivity contribution in [3.63, 3.8) is 0 Å². The minimum Gasteiger partial charge on any atom is -0.412 e. The fourth-order valence-corrected chi connectivity index (χ4v) is 2.76. The van der Waals surface area contributed by atoms with Crippen LogP contribution in [0.1, 0.15) is 58.8 Å². The Morgan fingerprint density at radius 1 is 1.30 bits per heavy atom. The molecule has 20 heavy (non-hydrogen) atoms. The summed E-state index contributed by atoms with van der Waals surface area (Å²) in [4.78, 5) is 11.6. The van der Waals surface area contributed by atoms with Crippen LogP contribution >= 0.6 is 0 Å². The first-order valence-electron chi connectivity index (χ1n) is 7.69. The van der Waals surface area contributed by atoms with E-state index in [4.69, 9.17) is 5.73 Å². The predicted molar refractivity (Wildman–Crippen MR) is 81.3 cm³/mol. The van der Waals surface area contributed by atoms with Crippen molar-refractivity contribution in [2.75, 3.05) is 6.54 Å². The predicted octanol–water partition coefficient (Wildman–Crippen LogP) is 0.983. The van der Waals surface area contributed by atoms with Crippen LogP contribution in [-0.4, -0.2) is 35.2 Å². The largest absolute Gasteiger partial charge is 0.412 e. The van der Waals surface area contributed by atoms with E-state index in [0.717, 1.165) is 0 Å². The maximum absolute atomic E-state index is 11.6. The number of hydrogen-bond acceptors (Lipinski definition) is 3. The first kappa shape index (κ1) is 19.4. The van der Waals surface area contributed by atoms with E-state index in [1.807, 2.05) is 0 Å². The van der Waals surface area contributed by atoms with Gasteiger partial charge in [-0.05, 0) is 31.1 Å². The van der Waals surface area contributed by atoms with Crippen molar-refractivity contribution in [2.24, 2.45) is 17.6 Å². The van der Waals surface area contributed by atoms with Crippen molar-refractivity contribution in [1.82, 2.24) is 5.32 Å². The second kappa shape index (κ2) is 10.1. The third kappa shape index (κ3) is 7.82. The van der Waals surface area contributed by atoms with Gasteiger partial charge in [0.25, 0.3) is 0 Å². The molecule has 2 atom stereocenters. The zero-order chi connectivity index (χ0) is 14.3. The topological polar surface area (TPSA) is 107 Å². The molecule has 5 nitrogen and oxygen atoms in total. The van der Waals surface area contributed by atoms with Gasteiger partial charge >= 0.3 is 0 Å². The van der Waals surface area contributed by atoms with Crippen LogP contribution in [-0.2, 0) is 4.79 Å². The van der Waals surface area contributed by atoms with Crippen LogP contribution < -0.4 is 11.1 Å². The number of nitrogens with two attached hydrogens (primary N) is 1. The molecule has 6 N–H and O–H groups in total. The van der Waals surface area contributed by atoms with Gasteiger partial charge in [-0.25, -0.2) is 0 Å². The molecule has 0 heterocycles. The molecular formula is C15H32N2O3. The Hall–Kier alpha value is -0.650. The van der Waals surface area contributed by atoms with Crippen LogP contribution in [0, 0.1) is 11.8 Å². The monoisotopic (exact) mass is 288 g/mol. The Kier molecular flexibility index (Phi) is 9.80. The molecule has 0 saturated heterocycles. The van der Waals surface area contributed by atoms with Gasteiger partial charge in [0.2, 0.25) is 5.91 Å². The lowest BCUT2D eigenvalue weighted by Crippen LogP contribution is -2.37. The van der Waals surface area contributed by atoms with Gasteiger partial charge in [-0.2, -0.15) is 0 Å². The number of aliphatic hydroxyl groups is 1.